The Hall–Kier alpha value is -2.28. The van der Waals surface area contributed by atoms with Gasteiger partial charge in [0.1, 0.15) is 6.54 Å². The van der Waals surface area contributed by atoms with E-state index in [-0.39, 0.29) is 12.1 Å². The van der Waals surface area contributed by atoms with Crippen molar-refractivity contribution in [2.75, 3.05) is 0 Å². The molecule has 0 aliphatic rings. The monoisotopic (exact) mass is 199 g/mol. The summed E-state index contributed by atoms with van der Waals surface area (Å²) in [7, 11) is 0. The summed E-state index contributed by atoms with van der Waals surface area (Å²) >= 11 is 0. The van der Waals surface area contributed by atoms with Crippen LogP contribution in [0.25, 0.3) is 11.3 Å². The maximum Gasteiger partial charge on any atom is 0.267 e. The molecule has 74 valence electrons. The third-order valence-electron chi connectivity index (χ3n) is 2.01. The van der Waals surface area contributed by atoms with Crippen LogP contribution in [0.15, 0.2) is 35.4 Å². The normalized spacial score (nSPS) is 9.80. The largest absolute Gasteiger partial charge is 0.294 e. The summed E-state index contributed by atoms with van der Waals surface area (Å²) in [6.45, 7) is 0.249. The van der Waals surface area contributed by atoms with E-state index in [1.54, 1.807) is 12.4 Å². The maximum atomic E-state index is 11.4. The molecule has 4 nitrogen and oxygen atoms in total. The van der Waals surface area contributed by atoms with Crippen molar-refractivity contribution in [3.05, 3.63) is 40.9 Å². The minimum atomic E-state index is -0.133. The van der Waals surface area contributed by atoms with Gasteiger partial charge < -0.3 is 0 Å². The number of pyridine rings is 1. The zero-order chi connectivity index (χ0) is 10.7. The smallest absolute Gasteiger partial charge is 0.267 e. The second-order valence-corrected chi connectivity index (χ2v) is 3.04. The van der Waals surface area contributed by atoms with Gasteiger partial charge in [0.25, 0.3) is 5.56 Å². The fraction of sp³-hybridized carbons (Fsp3) is 0.0909. The predicted octanol–water partition coefficient (Wildman–Crippen LogP) is 0.872. The Morgan fingerprint density at radius 3 is 3.13 bits per heavy atom. The lowest BCUT2D eigenvalue weighted by molar-refractivity contribution is 0.693. The topological polar surface area (TPSA) is 50.7 Å². The van der Waals surface area contributed by atoms with E-state index in [0.29, 0.717) is 0 Å². The maximum absolute atomic E-state index is 11.4. The molecule has 0 fully saturated rings. The molecule has 2 aromatic rings. The van der Waals surface area contributed by atoms with Crippen molar-refractivity contribution < 1.29 is 0 Å². The Morgan fingerprint density at radius 1 is 1.60 bits per heavy atom. The second-order valence-electron chi connectivity index (χ2n) is 3.04. The Morgan fingerprint density at radius 2 is 2.47 bits per heavy atom. The molecule has 0 radical (unpaired) electrons. The highest BCUT2D eigenvalue weighted by Crippen LogP contribution is 2.12. The first-order valence-electron chi connectivity index (χ1n) is 4.45. The van der Waals surface area contributed by atoms with Gasteiger partial charge in [0.15, 0.2) is 0 Å². The van der Waals surface area contributed by atoms with Crippen LogP contribution in [0.3, 0.4) is 0 Å². The van der Waals surface area contributed by atoms with E-state index >= 15 is 0 Å². The Balaban J connectivity index is 2.44. The number of hydrogen-bond acceptors (Lipinski definition) is 2. The minimum Gasteiger partial charge on any atom is -0.294 e. The van der Waals surface area contributed by atoms with E-state index in [1.165, 1.54) is 10.7 Å². The fourth-order valence-corrected chi connectivity index (χ4v) is 1.31. The van der Waals surface area contributed by atoms with Crippen molar-refractivity contribution in [2.45, 2.75) is 6.54 Å². The average molecular weight is 199 g/mol. The summed E-state index contributed by atoms with van der Waals surface area (Å²) in [4.78, 5) is 15.4. The van der Waals surface area contributed by atoms with E-state index in [2.05, 4.69) is 16.0 Å². The Bertz CT molecular complexity index is 545. The standard InChI is InChI=1S/C11H9N3O/c1-2-6-14-11(15)7-10(13-14)9-4-3-5-12-8-9/h1,3-5,7-8,13H,6H2. The molecule has 2 rings (SSSR count). The molecule has 2 heterocycles. The van der Waals surface area contributed by atoms with Gasteiger partial charge in [-0.25, -0.2) is 4.68 Å². The van der Waals surface area contributed by atoms with Gasteiger partial charge in [0.05, 0.1) is 5.69 Å². The highest BCUT2D eigenvalue weighted by Gasteiger charge is 2.03. The van der Waals surface area contributed by atoms with Gasteiger partial charge in [-0.1, -0.05) is 5.92 Å². The quantitative estimate of drug-likeness (QED) is 0.730. The van der Waals surface area contributed by atoms with Gasteiger partial charge in [0, 0.05) is 24.0 Å². The van der Waals surface area contributed by atoms with Crippen LogP contribution in [0.1, 0.15) is 0 Å². The van der Waals surface area contributed by atoms with Gasteiger partial charge in [0.2, 0.25) is 0 Å². The first kappa shape index (κ1) is 9.28. The van der Waals surface area contributed by atoms with Gasteiger partial charge in [-0.15, -0.1) is 6.42 Å². The van der Waals surface area contributed by atoms with E-state index < -0.39 is 0 Å². The Kier molecular flexibility index (Phi) is 2.38. The van der Waals surface area contributed by atoms with Crippen LogP contribution >= 0.6 is 0 Å². The number of terminal acetylenes is 1. The van der Waals surface area contributed by atoms with Crippen LogP contribution in [0.5, 0.6) is 0 Å². The lowest BCUT2D eigenvalue weighted by atomic mass is 10.2. The predicted molar refractivity (Wildman–Crippen MR) is 57.1 cm³/mol. The van der Waals surface area contributed by atoms with Crippen LogP contribution in [-0.2, 0) is 6.54 Å². The van der Waals surface area contributed by atoms with Crippen molar-refractivity contribution in [2.24, 2.45) is 0 Å². The molecule has 15 heavy (non-hydrogen) atoms. The molecule has 0 saturated carbocycles. The van der Waals surface area contributed by atoms with E-state index in [1.807, 2.05) is 12.1 Å². The molecule has 0 aromatic carbocycles. The summed E-state index contributed by atoms with van der Waals surface area (Å²) in [5.74, 6) is 2.41. The van der Waals surface area contributed by atoms with Crippen LogP contribution in [0, 0.1) is 12.3 Å². The third kappa shape index (κ3) is 1.81. The molecule has 0 bridgehead atoms. The highest BCUT2D eigenvalue weighted by atomic mass is 16.1. The average Bonchev–Trinajstić information content (AvgIpc) is 2.63. The highest BCUT2D eigenvalue weighted by molar-refractivity contribution is 5.56. The molecule has 2 aromatic heterocycles. The zero-order valence-corrected chi connectivity index (χ0v) is 7.97. The van der Waals surface area contributed by atoms with Crippen LogP contribution < -0.4 is 5.56 Å². The summed E-state index contributed by atoms with van der Waals surface area (Å²) in [6.07, 6.45) is 8.50. The van der Waals surface area contributed by atoms with Crippen molar-refractivity contribution in [1.82, 2.24) is 14.8 Å². The van der Waals surface area contributed by atoms with Crippen molar-refractivity contribution >= 4 is 0 Å². The van der Waals surface area contributed by atoms with Crippen LogP contribution in [0.2, 0.25) is 0 Å². The first-order valence-corrected chi connectivity index (χ1v) is 4.45. The summed E-state index contributed by atoms with van der Waals surface area (Å²) in [6, 6.07) is 5.19. The van der Waals surface area contributed by atoms with Crippen LogP contribution in [0.4, 0.5) is 0 Å². The lowest BCUT2D eigenvalue weighted by Gasteiger charge is -1.96. The van der Waals surface area contributed by atoms with E-state index in [0.717, 1.165) is 11.3 Å². The molecule has 1 N–H and O–H groups in total. The Labute approximate surface area is 86.6 Å². The number of nitrogens with zero attached hydrogens (tertiary/aromatic N) is 2. The molecule has 0 spiro atoms. The van der Waals surface area contributed by atoms with Crippen molar-refractivity contribution in [3.8, 4) is 23.6 Å². The van der Waals surface area contributed by atoms with Gasteiger partial charge in [-0.3, -0.25) is 14.9 Å². The number of aromatic amines is 1. The third-order valence-corrected chi connectivity index (χ3v) is 2.01. The van der Waals surface area contributed by atoms with Gasteiger partial charge in [-0.05, 0) is 12.1 Å². The molecular formula is C11H9N3O. The minimum absolute atomic E-state index is 0.133. The number of aromatic nitrogens is 3. The number of hydrogen-bond donors (Lipinski definition) is 1. The van der Waals surface area contributed by atoms with Crippen molar-refractivity contribution in [1.29, 1.82) is 0 Å². The number of nitrogens with one attached hydrogen (secondary N) is 1. The van der Waals surface area contributed by atoms with Gasteiger partial charge in [-0.2, -0.15) is 0 Å². The molecule has 0 aliphatic heterocycles. The summed E-state index contributed by atoms with van der Waals surface area (Å²) in [5.41, 5.74) is 1.46. The lowest BCUT2D eigenvalue weighted by Crippen LogP contribution is -2.14. The van der Waals surface area contributed by atoms with E-state index in [9.17, 15) is 4.79 Å². The SMILES string of the molecule is C#CCn1[nH]c(-c2cccnc2)cc1=O. The fourth-order valence-electron chi connectivity index (χ4n) is 1.31. The van der Waals surface area contributed by atoms with Crippen molar-refractivity contribution in [3.63, 3.8) is 0 Å². The molecule has 4 heteroatoms. The molecule has 0 atom stereocenters. The second kappa shape index (κ2) is 3.84. The first-order chi connectivity index (χ1) is 7.31. The van der Waals surface area contributed by atoms with Crippen LogP contribution in [-0.4, -0.2) is 14.8 Å². The molecule has 0 aliphatic carbocycles. The molecule has 0 unspecified atom stereocenters. The number of H-pyrrole nitrogens is 1. The molecule has 0 saturated heterocycles. The molecule has 0 amide bonds. The zero-order valence-electron chi connectivity index (χ0n) is 7.97. The number of rotatable bonds is 2. The van der Waals surface area contributed by atoms with Gasteiger partial charge >= 0.3 is 0 Å². The summed E-state index contributed by atoms with van der Waals surface area (Å²) in [5, 5.41) is 2.92. The van der Waals surface area contributed by atoms with E-state index in [4.69, 9.17) is 6.42 Å². The molecular weight excluding hydrogens is 190 g/mol. The summed E-state index contributed by atoms with van der Waals surface area (Å²) < 4.78 is 1.38.